The first-order chi connectivity index (χ1) is 8.90. The van der Waals surface area contributed by atoms with Gasteiger partial charge in [-0.2, -0.15) is 0 Å². The Bertz CT molecular complexity index is 499. The lowest BCUT2D eigenvalue weighted by molar-refractivity contribution is -0.117. The minimum absolute atomic E-state index is 0.0290. The number of nitrogens with one attached hydrogen (secondary N) is 2. The average molecular weight is 263 g/mol. The first-order valence-electron chi connectivity index (χ1n) is 6.37. The van der Waals surface area contributed by atoms with Gasteiger partial charge in [0, 0.05) is 24.0 Å². The van der Waals surface area contributed by atoms with Gasteiger partial charge in [0.1, 0.15) is 6.04 Å². The number of carbonyl (C=O) groups is 1. The predicted molar refractivity (Wildman–Crippen MR) is 76.4 cm³/mol. The molecule has 1 unspecified atom stereocenters. The van der Waals surface area contributed by atoms with Gasteiger partial charge in [-0.05, 0) is 33.0 Å². The highest BCUT2D eigenvalue weighted by molar-refractivity contribution is 6.03. The van der Waals surface area contributed by atoms with E-state index in [-0.39, 0.29) is 24.1 Å². The molecule has 0 saturated carbocycles. The Balaban J connectivity index is 2.34. The molecule has 1 amide bonds. The van der Waals surface area contributed by atoms with Crippen LogP contribution in [-0.2, 0) is 4.79 Å². The summed E-state index contributed by atoms with van der Waals surface area (Å²) in [5.74, 6) is -0.0290. The van der Waals surface area contributed by atoms with Gasteiger partial charge in [-0.1, -0.05) is 6.07 Å². The summed E-state index contributed by atoms with van der Waals surface area (Å²) in [6.07, 6.45) is 0. The lowest BCUT2D eigenvalue weighted by atomic mass is 10.0. The molecule has 0 aromatic heterocycles. The molecule has 104 valence electrons. The molecule has 3 N–H and O–H groups in total. The highest BCUT2D eigenvalue weighted by atomic mass is 16.3. The molecule has 1 atom stereocenters. The van der Waals surface area contributed by atoms with Crippen LogP contribution in [0.5, 0.6) is 0 Å². The molecule has 1 aromatic carbocycles. The fraction of sp³-hybridized carbons (Fsp3) is 0.500. The maximum atomic E-state index is 11.8. The van der Waals surface area contributed by atoms with Crippen molar-refractivity contribution in [2.24, 2.45) is 0 Å². The van der Waals surface area contributed by atoms with Gasteiger partial charge < -0.3 is 20.6 Å². The highest BCUT2D eigenvalue weighted by Gasteiger charge is 2.30. The van der Waals surface area contributed by atoms with Crippen LogP contribution < -0.4 is 15.5 Å². The molecule has 1 aliphatic rings. The summed E-state index contributed by atoms with van der Waals surface area (Å²) < 4.78 is 0. The van der Waals surface area contributed by atoms with Crippen LogP contribution in [0.3, 0.4) is 0 Å². The summed E-state index contributed by atoms with van der Waals surface area (Å²) in [6.45, 7) is 4.00. The molecule has 1 aromatic rings. The Morgan fingerprint density at radius 3 is 2.74 bits per heavy atom. The van der Waals surface area contributed by atoms with Crippen molar-refractivity contribution in [1.82, 2.24) is 5.32 Å². The van der Waals surface area contributed by atoms with E-state index in [9.17, 15) is 9.90 Å². The van der Waals surface area contributed by atoms with Gasteiger partial charge in [-0.25, -0.2) is 0 Å². The second kappa shape index (κ2) is 4.83. The Hall–Kier alpha value is -1.59. The minimum Gasteiger partial charge on any atom is -0.394 e. The molecule has 0 aliphatic carbocycles. The number of aliphatic hydroxyl groups excluding tert-OH is 1. The number of aliphatic hydroxyl groups is 1. The van der Waals surface area contributed by atoms with Gasteiger partial charge in [0.15, 0.2) is 0 Å². The first kappa shape index (κ1) is 13.8. The van der Waals surface area contributed by atoms with E-state index in [4.69, 9.17) is 0 Å². The standard InChI is InChI=1S/C14H21N3O2/c1-14(2,8-18)17(4)9-5-6-10-11(7-9)16-13(19)12(10)15-3/h5-7,12,15,18H,8H2,1-4H3,(H,16,19). The SMILES string of the molecule is CNC1C(=O)Nc2cc(N(C)C(C)(C)CO)ccc21. The van der Waals surface area contributed by atoms with Crippen molar-refractivity contribution in [2.45, 2.75) is 25.4 Å². The van der Waals surface area contributed by atoms with E-state index in [0.717, 1.165) is 16.9 Å². The third kappa shape index (κ3) is 2.31. The molecule has 5 heteroatoms. The zero-order valence-electron chi connectivity index (χ0n) is 11.8. The maximum absolute atomic E-state index is 11.8. The number of likely N-dealkylation sites (N-methyl/N-ethyl adjacent to an activating group) is 2. The number of carbonyl (C=O) groups excluding carboxylic acids is 1. The molecular weight excluding hydrogens is 242 g/mol. The zero-order chi connectivity index (χ0) is 14.2. The van der Waals surface area contributed by atoms with Crippen LogP contribution >= 0.6 is 0 Å². The van der Waals surface area contributed by atoms with Gasteiger partial charge in [-0.3, -0.25) is 4.79 Å². The third-order valence-corrected chi connectivity index (χ3v) is 3.84. The average Bonchev–Trinajstić information content (AvgIpc) is 2.71. The number of amides is 1. The Morgan fingerprint density at radius 2 is 2.16 bits per heavy atom. The van der Waals surface area contributed by atoms with Crippen LogP contribution in [0.1, 0.15) is 25.5 Å². The Morgan fingerprint density at radius 1 is 1.47 bits per heavy atom. The fourth-order valence-corrected chi connectivity index (χ4v) is 2.20. The number of nitrogens with zero attached hydrogens (tertiary/aromatic N) is 1. The van der Waals surface area contributed by atoms with Crippen molar-refractivity contribution in [1.29, 1.82) is 0 Å². The summed E-state index contributed by atoms with van der Waals surface area (Å²) >= 11 is 0. The number of hydrogen-bond acceptors (Lipinski definition) is 4. The molecular formula is C14H21N3O2. The van der Waals surface area contributed by atoms with E-state index >= 15 is 0 Å². The van der Waals surface area contributed by atoms with E-state index in [1.807, 2.05) is 44.0 Å². The molecule has 1 heterocycles. The van der Waals surface area contributed by atoms with Crippen LogP contribution in [0.25, 0.3) is 0 Å². The van der Waals surface area contributed by atoms with Crippen molar-refractivity contribution in [3.05, 3.63) is 23.8 Å². The Kier molecular flexibility index (Phi) is 3.52. The van der Waals surface area contributed by atoms with Crippen LogP contribution in [-0.4, -0.2) is 37.3 Å². The number of fused-ring (bicyclic) bond motifs is 1. The highest BCUT2D eigenvalue weighted by Crippen LogP contribution is 2.34. The topological polar surface area (TPSA) is 64.6 Å². The molecule has 0 spiro atoms. The van der Waals surface area contributed by atoms with E-state index in [2.05, 4.69) is 10.6 Å². The quantitative estimate of drug-likeness (QED) is 0.761. The second-order valence-corrected chi connectivity index (χ2v) is 5.51. The number of benzene rings is 1. The largest absolute Gasteiger partial charge is 0.394 e. The minimum atomic E-state index is -0.348. The van der Waals surface area contributed by atoms with Gasteiger partial charge in [-0.15, -0.1) is 0 Å². The molecule has 0 saturated heterocycles. The molecule has 5 nitrogen and oxygen atoms in total. The summed E-state index contributed by atoms with van der Waals surface area (Å²) in [5, 5.41) is 15.3. The second-order valence-electron chi connectivity index (χ2n) is 5.51. The number of hydrogen-bond donors (Lipinski definition) is 3. The maximum Gasteiger partial charge on any atom is 0.246 e. The molecule has 1 aliphatic heterocycles. The van der Waals surface area contributed by atoms with Crippen molar-refractivity contribution < 1.29 is 9.90 Å². The zero-order valence-corrected chi connectivity index (χ0v) is 11.8. The van der Waals surface area contributed by atoms with E-state index in [1.165, 1.54) is 0 Å². The van der Waals surface area contributed by atoms with Crippen molar-refractivity contribution in [3.63, 3.8) is 0 Å². The monoisotopic (exact) mass is 263 g/mol. The van der Waals surface area contributed by atoms with Crippen LogP contribution in [0.15, 0.2) is 18.2 Å². The van der Waals surface area contributed by atoms with Gasteiger partial charge >= 0.3 is 0 Å². The van der Waals surface area contributed by atoms with E-state index in [0.29, 0.717) is 0 Å². The molecule has 0 radical (unpaired) electrons. The molecule has 0 bridgehead atoms. The van der Waals surface area contributed by atoms with Crippen molar-refractivity contribution in [2.75, 3.05) is 30.9 Å². The molecule has 0 fully saturated rings. The first-order valence-corrected chi connectivity index (χ1v) is 6.37. The fourth-order valence-electron chi connectivity index (χ4n) is 2.20. The van der Waals surface area contributed by atoms with Crippen LogP contribution in [0.4, 0.5) is 11.4 Å². The lowest BCUT2D eigenvalue weighted by Crippen LogP contribution is -2.44. The Labute approximate surface area is 113 Å². The predicted octanol–water partition coefficient (Wildman–Crippen LogP) is 1.11. The summed E-state index contributed by atoms with van der Waals surface area (Å²) in [7, 11) is 3.71. The van der Waals surface area contributed by atoms with E-state index < -0.39 is 0 Å². The molecule has 2 rings (SSSR count). The number of rotatable bonds is 4. The number of anilines is 2. The van der Waals surface area contributed by atoms with Gasteiger partial charge in [0.2, 0.25) is 5.91 Å². The van der Waals surface area contributed by atoms with Crippen molar-refractivity contribution in [3.8, 4) is 0 Å². The normalized spacial score (nSPS) is 18.2. The van der Waals surface area contributed by atoms with Crippen molar-refractivity contribution >= 4 is 17.3 Å². The van der Waals surface area contributed by atoms with Crippen LogP contribution in [0, 0.1) is 0 Å². The van der Waals surface area contributed by atoms with Crippen LogP contribution in [0.2, 0.25) is 0 Å². The summed E-state index contributed by atoms with van der Waals surface area (Å²) in [5.41, 5.74) is 2.42. The third-order valence-electron chi connectivity index (χ3n) is 3.84. The summed E-state index contributed by atoms with van der Waals surface area (Å²) in [4.78, 5) is 13.8. The van der Waals surface area contributed by atoms with Gasteiger partial charge in [0.05, 0.1) is 12.1 Å². The van der Waals surface area contributed by atoms with E-state index in [1.54, 1.807) is 7.05 Å². The smallest absolute Gasteiger partial charge is 0.246 e. The van der Waals surface area contributed by atoms with Gasteiger partial charge in [0.25, 0.3) is 0 Å². The lowest BCUT2D eigenvalue weighted by Gasteiger charge is -2.36. The summed E-state index contributed by atoms with van der Waals surface area (Å²) in [6, 6.07) is 5.59. The molecule has 19 heavy (non-hydrogen) atoms.